The van der Waals surface area contributed by atoms with Crippen molar-refractivity contribution in [1.82, 2.24) is 19.6 Å². The van der Waals surface area contributed by atoms with Crippen molar-refractivity contribution in [2.24, 2.45) is 0 Å². The third-order valence-corrected chi connectivity index (χ3v) is 4.12. The Balaban J connectivity index is 2.09. The molecule has 0 bridgehead atoms. The molecule has 0 amide bonds. The monoisotopic (exact) mass is 368 g/mol. The maximum Gasteiger partial charge on any atom is 0.287 e. The second-order valence-corrected chi connectivity index (χ2v) is 5.59. The first-order valence-corrected chi connectivity index (χ1v) is 7.25. The number of halogens is 4. The molecule has 0 aromatic carbocycles. The number of hydrogen-bond acceptors (Lipinski definition) is 4. The van der Waals surface area contributed by atoms with Crippen LogP contribution in [0.2, 0.25) is 20.1 Å². The van der Waals surface area contributed by atoms with Crippen LogP contribution in [0, 0.1) is 0 Å². The molecule has 0 unspecified atom stereocenters. The van der Waals surface area contributed by atoms with E-state index in [0.717, 1.165) is 9.36 Å². The van der Waals surface area contributed by atoms with Gasteiger partial charge >= 0.3 is 0 Å². The van der Waals surface area contributed by atoms with Gasteiger partial charge in [-0.3, -0.25) is 9.59 Å². The summed E-state index contributed by atoms with van der Waals surface area (Å²) in [7, 11) is 0. The Morgan fingerprint density at radius 1 is 0.810 bits per heavy atom. The smallest absolute Gasteiger partial charge is 0.266 e. The van der Waals surface area contributed by atoms with Gasteiger partial charge in [0.1, 0.15) is 10.0 Å². The molecule has 0 spiro atoms. The van der Waals surface area contributed by atoms with Crippen LogP contribution in [0.4, 0.5) is 0 Å². The topological polar surface area (TPSA) is 69.8 Å². The molecule has 6 nitrogen and oxygen atoms in total. The van der Waals surface area contributed by atoms with Crippen LogP contribution in [-0.4, -0.2) is 19.6 Å². The Morgan fingerprint density at radius 2 is 1.19 bits per heavy atom. The number of nitrogens with zero attached hydrogens (tertiary/aromatic N) is 4. The highest BCUT2D eigenvalue weighted by atomic mass is 35.5. The van der Waals surface area contributed by atoms with Crippen molar-refractivity contribution in [1.29, 1.82) is 0 Å². The number of aryl methyl sites for hydroxylation is 2. The van der Waals surface area contributed by atoms with Gasteiger partial charge in [-0.25, -0.2) is 9.36 Å². The highest BCUT2D eigenvalue weighted by molar-refractivity contribution is 6.42. The van der Waals surface area contributed by atoms with E-state index in [2.05, 4.69) is 10.2 Å². The maximum absolute atomic E-state index is 11.8. The van der Waals surface area contributed by atoms with Crippen molar-refractivity contribution < 1.29 is 0 Å². The van der Waals surface area contributed by atoms with E-state index < -0.39 is 11.1 Å². The van der Waals surface area contributed by atoms with E-state index in [0.29, 0.717) is 6.42 Å². The number of aromatic nitrogens is 4. The minimum Gasteiger partial charge on any atom is -0.266 e. The molecule has 0 saturated heterocycles. The third-order valence-electron chi connectivity index (χ3n) is 2.62. The summed E-state index contributed by atoms with van der Waals surface area (Å²) in [6.45, 7) is 0.508. The minimum atomic E-state index is -0.487. The molecule has 10 heteroatoms. The fraction of sp³-hybridized carbons (Fsp3) is 0.273. The van der Waals surface area contributed by atoms with Crippen molar-refractivity contribution in [2.45, 2.75) is 19.5 Å². The van der Waals surface area contributed by atoms with E-state index in [1.807, 2.05) is 0 Å². The molecule has 0 aliphatic heterocycles. The zero-order valence-corrected chi connectivity index (χ0v) is 13.4. The molecular formula is C11H8Cl4N4O2. The lowest BCUT2D eigenvalue weighted by atomic mass is 10.4. The van der Waals surface area contributed by atoms with Crippen LogP contribution in [-0.2, 0) is 13.1 Å². The van der Waals surface area contributed by atoms with Gasteiger partial charge in [-0.2, -0.15) is 10.2 Å². The van der Waals surface area contributed by atoms with Crippen LogP contribution in [0.1, 0.15) is 6.42 Å². The molecule has 0 aliphatic rings. The van der Waals surface area contributed by atoms with Gasteiger partial charge in [0.15, 0.2) is 0 Å². The van der Waals surface area contributed by atoms with Gasteiger partial charge in [0, 0.05) is 13.1 Å². The standard InChI is InChI=1S/C11H8Cl4N4O2/c12-6-4-16-18(10(20)8(6)14)2-1-3-19-11(21)9(15)7(13)5-17-19/h4-5H,1-3H2. The van der Waals surface area contributed by atoms with Gasteiger partial charge in [0.2, 0.25) is 0 Å². The average Bonchev–Trinajstić information content (AvgIpc) is 2.47. The van der Waals surface area contributed by atoms with Crippen LogP contribution in [0.15, 0.2) is 22.0 Å². The summed E-state index contributed by atoms with van der Waals surface area (Å²) in [5.74, 6) is 0. The number of rotatable bonds is 4. The molecule has 2 rings (SSSR count). The Kier molecular flexibility index (Phi) is 5.27. The van der Waals surface area contributed by atoms with Gasteiger partial charge in [-0.1, -0.05) is 46.4 Å². The molecule has 0 atom stereocenters. The summed E-state index contributed by atoms with van der Waals surface area (Å²) >= 11 is 22.8. The quantitative estimate of drug-likeness (QED) is 0.830. The molecular weight excluding hydrogens is 362 g/mol. The van der Waals surface area contributed by atoms with Gasteiger partial charge in [-0.05, 0) is 6.42 Å². The predicted octanol–water partition coefficient (Wildman–Crippen LogP) is 2.50. The van der Waals surface area contributed by atoms with E-state index in [-0.39, 0.29) is 33.2 Å². The fourth-order valence-electron chi connectivity index (χ4n) is 1.58. The van der Waals surface area contributed by atoms with Gasteiger partial charge in [0.05, 0.1) is 22.4 Å². The molecule has 0 aliphatic carbocycles. The summed E-state index contributed by atoms with van der Waals surface area (Å²) in [4.78, 5) is 23.5. The predicted molar refractivity (Wildman–Crippen MR) is 81.7 cm³/mol. The van der Waals surface area contributed by atoms with Crippen molar-refractivity contribution >= 4 is 46.4 Å². The van der Waals surface area contributed by atoms with Crippen LogP contribution in [0.5, 0.6) is 0 Å². The molecule has 2 aromatic heterocycles. The van der Waals surface area contributed by atoms with Gasteiger partial charge < -0.3 is 0 Å². The zero-order valence-electron chi connectivity index (χ0n) is 10.4. The lowest BCUT2D eigenvalue weighted by Gasteiger charge is -2.07. The lowest BCUT2D eigenvalue weighted by Crippen LogP contribution is -2.27. The molecule has 0 N–H and O–H groups in total. The summed E-state index contributed by atoms with van der Waals surface area (Å²) in [5.41, 5.74) is -0.975. The molecule has 112 valence electrons. The molecule has 0 radical (unpaired) electrons. The summed E-state index contributed by atoms with van der Waals surface area (Å²) < 4.78 is 2.33. The fourth-order valence-corrected chi connectivity index (χ4v) is 2.12. The van der Waals surface area contributed by atoms with Crippen LogP contribution < -0.4 is 11.1 Å². The van der Waals surface area contributed by atoms with Gasteiger partial charge in [0.25, 0.3) is 11.1 Å². The first kappa shape index (κ1) is 16.3. The molecule has 2 aromatic rings. The number of hydrogen-bond donors (Lipinski definition) is 0. The highest BCUT2D eigenvalue weighted by Crippen LogP contribution is 2.15. The zero-order chi connectivity index (χ0) is 15.6. The van der Waals surface area contributed by atoms with Gasteiger partial charge in [-0.15, -0.1) is 0 Å². The van der Waals surface area contributed by atoms with Crippen LogP contribution in [0.25, 0.3) is 0 Å². The second kappa shape index (κ2) is 6.79. The van der Waals surface area contributed by atoms with E-state index in [1.165, 1.54) is 12.4 Å². The second-order valence-electron chi connectivity index (χ2n) is 4.02. The van der Waals surface area contributed by atoms with Crippen LogP contribution >= 0.6 is 46.4 Å². The Hall–Kier alpha value is -1.08. The molecule has 21 heavy (non-hydrogen) atoms. The van der Waals surface area contributed by atoms with Crippen LogP contribution in [0.3, 0.4) is 0 Å². The van der Waals surface area contributed by atoms with Crippen molar-refractivity contribution in [3.8, 4) is 0 Å². The van der Waals surface area contributed by atoms with E-state index in [1.54, 1.807) is 0 Å². The lowest BCUT2D eigenvalue weighted by molar-refractivity contribution is 0.473. The molecule has 0 saturated carbocycles. The normalized spacial score (nSPS) is 10.9. The average molecular weight is 370 g/mol. The van der Waals surface area contributed by atoms with Crippen molar-refractivity contribution in [3.05, 3.63) is 53.2 Å². The first-order chi connectivity index (χ1) is 9.91. The van der Waals surface area contributed by atoms with E-state index in [4.69, 9.17) is 46.4 Å². The SMILES string of the molecule is O=c1c(Cl)c(Cl)cnn1CCCn1ncc(Cl)c(Cl)c1=O. The highest BCUT2D eigenvalue weighted by Gasteiger charge is 2.09. The minimum absolute atomic E-state index is 0.0866. The summed E-state index contributed by atoms with van der Waals surface area (Å²) in [6, 6.07) is 0. The first-order valence-electron chi connectivity index (χ1n) is 5.74. The summed E-state index contributed by atoms with van der Waals surface area (Å²) in [5, 5.41) is 7.74. The Bertz CT molecular complexity index is 721. The largest absolute Gasteiger partial charge is 0.287 e. The van der Waals surface area contributed by atoms with Crippen molar-refractivity contribution in [2.75, 3.05) is 0 Å². The third kappa shape index (κ3) is 3.58. The Morgan fingerprint density at radius 3 is 1.57 bits per heavy atom. The van der Waals surface area contributed by atoms with Crippen molar-refractivity contribution in [3.63, 3.8) is 0 Å². The Labute approximate surface area is 138 Å². The van der Waals surface area contributed by atoms with E-state index >= 15 is 0 Å². The van der Waals surface area contributed by atoms with E-state index in [9.17, 15) is 9.59 Å². The molecule has 0 fully saturated rings. The molecule has 2 heterocycles. The summed E-state index contributed by atoms with van der Waals surface area (Å²) in [6.07, 6.45) is 3.00. The maximum atomic E-state index is 11.8.